The Balaban J connectivity index is 0.000000129. The topological polar surface area (TPSA) is 44.5 Å². The fraction of sp³-hybridized carbons (Fsp3) is 0.0945. The molecule has 0 amide bonds. The Morgan fingerprint density at radius 2 is 0.600 bits per heavy atom. The fourth-order valence-electron chi connectivity index (χ4n) is 20.1. The molecule has 0 unspecified atom stereocenters. The van der Waals surface area contributed by atoms with Crippen molar-refractivity contribution in [3.63, 3.8) is 0 Å². The minimum atomic E-state index is 0. The number of fused-ring (bicyclic) bond motifs is 11. The van der Waals surface area contributed by atoms with Crippen LogP contribution < -0.4 is 4.57 Å². The zero-order chi connectivity index (χ0) is 91.2. The largest absolute Gasteiger partial charge is 0.333 e. The molecule has 0 fully saturated rings. The number of para-hydroxylation sites is 1. The van der Waals surface area contributed by atoms with Gasteiger partial charge < -0.3 is 9.13 Å². The average molecular weight is 2100 g/mol. The van der Waals surface area contributed by atoms with Crippen LogP contribution in [0.3, 0.4) is 0 Å². The van der Waals surface area contributed by atoms with E-state index in [1.165, 1.54) is 184 Å². The Kier molecular flexibility index (Phi) is 24.8. The summed E-state index contributed by atoms with van der Waals surface area (Å²) in [6.07, 6.45) is 0. The molecule has 135 heavy (non-hydrogen) atoms. The number of hydrogen-bond acceptors (Lipinski definition) is 2. The van der Waals surface area contributed by atoms with Gasteiger partial charge in [-0.15, -0.1) is 70.8 Å². The van der Waals surface area contributed by atoms with Gasteiger partial charge in [-0.1, -0.05) is 344 Å². The second-order valence-electron chi connectivity index (χ2n) is 35.9. The van der Waals surface area contributed by atoms with E-state index < -0.39 is 0 Å². The molecule has 4 heterocycles. The van der Waals surface area contributed by atoms with Gasteiger partial charge in [0.25, 0.3) is 5.82 Å². The van der Waals surface area contributed by atoms with Gasteiger partial charge in [-0.2, -0.15) is 4.57 Å². The number of rotatable bonds is 14. The first kappa shape index (κ1) is 88.1. The van der Waals surface area contributed by atoms with E-state index in [1.807, 2.05) is 12.1 Å². The molecule has 0 N–H and O–H groups in total. The molecule has 0 aliphatic carbocycles. The molecular weight excluding hydrogens is 1990 g/mol. The van der Waals surface area contributed by atoms with Crippen molar-refractivity contribution in [1.29, 1.82) is 0 Å². The third-order valence-electron chi connectivity index (χ3n) is 26.6. The predicted octanol–water partition coefficient (Wildman–Crippen LogP) is 33.3. The first-order valence-electron chi connectivity index (χ1n) is 47.0. The van der Waals surface area contributed by atoms with Crippen LogP contribution in [0.25, 0.3) is 205 Å². The summed E-state index contributed by atoms with van der Waals surface area (Å²) in [5.74, 6) is 3.79. The molecule has 20 aromatic carbocycles. The molecule has 0 spiro atoms. The van der Waals surface area contributed by atoms with E-state index in [1.54, 1.807) is 0 Å². The van der Waals surface area contributed by atoms with Crippen LogP contribution in [0.2, 0.25) is 0 Å². The standard InChI is InChI=1S/C44H33N2.C43H31N2.C39H33N2.CH4.2Ir/c1-29-23-39(32-13-7-4-8-14-32)24-30(2)43(29)46-42-27-36-16-10-9-15-35(36)26-41(42)45-28-38-22-21-37(25-40(38)44(45)46)34-19-17-33(18-20-34)31-11-5-3-6-12-31;1-29-24-39(32-14-7-4-8-15-32)25-30(2)42(29)45-41-28-37-17-10-9-16-36(37)27-40(41)44-43(45)38-19-11-18-35(26-38)34-22-20-33(21-23-34)31-12-5-3-6-13-31;1-25(2)34-17-10-18-35(26(3)4)38(34)41-37-24-31-14-8-7-13-30(31)23-36(37)40-39(41)33-16-9-15-29(22-33)32-20-19-27-11-5-6-12-28(27)21-32;;;/h3-27H,28H2,1-2H3;3-18,20-28H,1-2H3;5-15,17-26H,1-4H3;1H4;;/q+1;2*-1;;;/i;;;1D;;. The van der Waals surface area contributed by atoms with Crippen LogP contribution in [0.5, 0.6) is 0 Å². The van der Waals surface area contributed by atoms with E-state index in [2.05, 4.69) is 492 Å². The van der Waals surface area contributed by atoms with Crippen molar-refractivity contribution in [2.75, 3.05) is 0 Å². The predicted molar refractivity (Wildman–Crippen MR) is 561 cm³/mol. The summed E-state index contributed by atoms with van der Waals surface area (Å²) >= 11 is 0. The van der Waals surface area contributed by atoms with E-state index in [0.717, 1.165) is 73.8 Å². The summed E-state index contributed by atoms with van der Waals surface area (Å²) in [5.41, 5.74) is 39.6. The fourth-order valence-corrected chi connectivity index (χ4v) is 20.1. The maximum absolute atomic E-state index is 5.75. The zero-order valence-corrected chi connectivity index (χ0v) is 81.8. The zero-order valence-electron chi connectivity index (χ0n) is 78.0. The third-order valence-corrected chi connectivity index (χ3v) is 26.6. The third kappa shape index (κ3) is 17.1. The minimum absolute atomic E-state index is 0. The van der Waals surface area contributed by atoms with Crippen LogP contribution in [-0.2, 0) is 46.8 Å². The average Bonchev–Trinajstić information content (AvgIpc) is 1.54. The van der Waals surface area contributed by atoms with Crippen LogP contribution >= 0.6 is 0 Å². The van der Waals surface area contributed by atoms with Crippen molar-refractivity contribution < 1.29 is 46.1 Å². The molecule has 6 nitrogen and oxygen atoms in total. The first-order chi connectivity index (χ1) is 65.7. The summed E-state index contributed by atoms with van der Waals surface area (Å²) in [5, 5.41) is 9.82. The molecule has 2 radical (unpaired) electrons. The van der Waals surface area contributed by atoms with Gasteiger partial charge in [0.15, 0.2) is 11.0 Å². The van der Waals surface area contributed by atoms with E-state index in [-0.39, 0.29) is 40.2 Å². The SMILES string of the molecule is CC(C)c1cccc(C(C)C)c1-n1c(-c2[c-]ccc(-c3ccc4ccccc4c3)c2)nc2cc3ccccc3cc21.Cc1cc(-c2ccccc2)cc(C)c1-n1c(-c2[c-]ccc(-c3ccc(-c4ccccc4)cc3)c2)nc2cc3ccccc3cc21.Cc1cc(-c2ccccc2)cc(C)c1-n1c2[n+](c3cc4ccccc4cc31)Cc1ccc(-c3ccc(-c4ccccc4)cc3)cc1-2.[2H]C.[Ir].[Ir]. The summed E-state index contributed by atoms with van der Waals surface area (Å²) in [7, 11) is 1.25. The quantitative estimate of drug-likeness (QED) is 0.0804. The maximum atomic E-state index is 5.75. The molecule has 3 aromatic heterocycles. The van der Waals surface area contributed by atoms with Crippen LogP contribution in [0, 0.1) is 39.8 Å². The molecular formula is C127H101Ir2N6-. The Labute approximate surface area is 819 Å². The summed E-state index contributed by atoms with van der Waals surface area (Å²) in [4.78, 5) is 10.6. The van der Waals surface area contributed by atoms with Gasteiger partial charge in [0.1, 0.15) is 12.2 Å². The van der Waals surface area contributed by atoms with Gasteiger partial charge in [-0.05, 0) is 256 Å². The number of aromatic nitrogens is 6. The van der Waals surface area contributed by atoms with Gasteiger partial charge in [0.05, 0.1) is 39.3 Å². The molecule has 24 rings (SSSR count). The first-order valence-corrected chi connectivity index (χ1v) is 46.0. The van der Waals surface area contributed by atoms with E-state index in [9.17, 15) is 0 Å². The Hall–Kier alpha value is -14.9. The Bertz CT molecular complexity index is 8310. The van der Waals surface area contributed by atoms with Crippen LogP contribution in [0.4, 0.5) is 0 Å². The molecule has 1 aliphatic rings. The Morgan fingerprint density at radius 1 is 0.281 bits per heavy atom. The smallest absolute Gasteiger partial charge is 0.295 e. The number of benzene rings is 20. The number of nitrogens with zero attached hydrogens (tertiary/aromatic N) is 6. The van der Waals surface area contributed by atoms with E-state index >= 15 is 0 Å². The van der Waals surface area contributed by atoms with Crippen LogP contribution in [0.1, 0.15) is 87.2 Å². The van der Waals surface area contributed by atoms with Crippen molar-refractivity contribution in [3.05, 3.63) is 470 Å². The van der Waals surface area contributed by atoms with Gasteiger partial charge >= 0.3 is 0 Å². The monoisotopic (exact) mass is 2100 g/mol. The van der Waals surface area contributed by atoms with Crippen molar-refractivity contribution >= 4 is 76.2 Å². The van der Waals surface area contributed by atoms with Crippen molar-refractivity contribution in [3.8, 4) is 129 Å². The molecule has 8 heteroatoms. The Morgan fingerprint density at radius 3 is 1.03 bits per heavy atom. The van der Waals surface area contributed by atoms with Crippen molar-refractivity contribution in [2.24, 2.45) is 0 Å². The van der Waals surface area contributed by atoms with Gasteiger partial charge in [0, 0.05) is 58.5 Å². The van der Waals surface area contributed by atoms with Gasteiger partial charge in [0.2, 0.25) is 0 Å². The molecule has 0 saturated carbocycles. The molecule has 23 aromatic rings. The summed E-state index contributed by atoms with van der Waals surface area (Å²) < 4.78 is 15.6. The normalized spacial score (nSPS) is 11.5. The molecule has 1 aliphatic heterocycles. The minimum Gasteiger partial charge on any atom is -0.333 e. The van der Waals surface area contributed by atoms with E-state index in [4.69, 9.17) is 11.3 Å². The maximum Gasteiger partial charge on any atom is 0.295 e. The number of hydrogen-bond donors (Lipinski definition) is 0. The van der Waals surface area contributed by atoms with Crippen molar-refractivity contribution in [2.45, 2.75) is 81.2 Å². The molecule has 658 valence electrons. The number of imidazole rings is 3. The van der Waals surface area contributed by atoms with Gasteiger partial charge in [-0.25, -0.2) is 4.57 Å². The second kappa shape index (κ2) is 38.0. The molecule has 0 saturated heterocycles. The van der Waals surface area contributed by atoms with Crippen LogP contribution in [-0.4, -0.2) is 23.7 Å². The van der Waals surface area contributed by atoms with Gasteiger partial charge in [-0.3, -0.25) is 9.97 Å². The van der Waals surface area contributed by atoms with Crippen LogP contribution in [0.15, 0.2) is 419 Å². The van der Waals surface area contributed by atoms with E-state index in [0.29, 0.717) is 11.8 Å². The van der Waals surface area contributed by atoms with Crippen molar-refractivity contribution in [1.82, 2.24) is 23.7 Å². The second-order valence-corrected chi connectivity index (χ2v) is 35.9. The summed E-state index contributed by atoms with van der Waals surface area (Å²) in [6, 6.07) is 158. The molecule has 0 atom stereocenters. The molecule has 0 bridgehead atoms. The number of aryl methyl sites for hydroxylation is 4. The summed E-state index contributed by atoms with van der Waals surface area (Å²) in [6.45, 7) is 18.9.